The first-order chi connectivity index (χ1) is 6.89. The minimum atomic E-state index is -3.46. The van der Waals surface area contributed by atoms with Crippen molar-refractivity contribution in [3.63, 3.8) is 0 Å². The first kappa shape index (κ1) is 14.3. The molecular weight excluding hydrogens is 216 g/mol. The van der Waals surface area contributed by atoms with Gasteiger partial charge in [-0.05, 0) is 0 Å². The maximum Gasteiger partial charge on any atom is 0.282 e. The second-order valence-electron chi connectivity index (χ2n) is 3.04. The van der Waals surface area contributed by atoms with E-state index in [2.05, 4.69) is 0 Å². The average molecular weight is 236 g/mol. The van der Waals surface area contributed by atoms with Gasteiger partial charge in [0.2, 0.25) is 0 Å². The molecule has 0 rings (SSSR count). The number of likely N-dealkylation sites (N-methyl/N-ethyl adjacent to an activating group) is 1. The zero-order valence-electron chi connectivity index (χ0n) is 9.52. The monoisotopic (exact) mass is 236 g/mol. The highest BCUT2D eigenvalue weighted by Gasteiger charge is 2.26. The number of hydrogen-bond donors (Lipinski definition) is 2. The van der Waals surface area contributed by atoms with Crippen molar-refractivity contribution in [3.05, 3.63) is 0 Å². The summed E-state index contributed by atoms with van der Waals surface area (Å²) in [6, 6.07) is 0. The Morgan fingerprint density at radius 2 is 1.53 bits per heavy atom. The maximum absolute atomic E-state index is 12.0. The molecule has 0 aliphatic carbocycles. The zero-order chi connectivity index (χ0) is 12.1. The van der Waals surface area contributed by atoms with Crippen LogP contribution >= 0.6 is 0 Å². The van der Waals surface area contributed by atoms with Crippen LogP contribution in [0.3, 0.4) is 0 Å². The molecule has 0 unspecified atom stereocenters. The van der Waals surface area contributed by atoms with E-state index in [9.17, 15) is 8.42 Å². The van der Waals surface area contributed by atoms with Gasteiger partial charge in [0.1, 0.15) is 5.84 Å². The highest BCUT2D eigenvalue weighted by molar-refractivity contribution is 7.86. The summed E-state index contributed by atoms with van der Waals surface area (Å²) in [6.07, 6.45) is 0. The first-order valence-electron chi connectivity index (χ1n) is 4.98. The second-order valence-corrected chi connectivity index (χ2v) is 4.97. The fourth-order valence-electron chi connectivity index (χ4n) is 1.26. The normalized spacial score (nSPS) is 12.3. The smallest absolute Gasteiger partial charge is 0.282 e. The molecule has 0 radical (unpaired) electrons. The summed E-state index contributed by atoms with van der Waals surface area (Å²) in [5, 5.41) is 7.12. The third kappa shape index (κ3) is 3.77. The Hall–Kier alpha value is -0.660. The maximum atomic E-state index is 12.0. The minimum absolute atomic E-state index is 0.0463. The van der Waals surface area contributed by atoms with E-state index in [0.29, 0.717) is 19.6 Å². The quantitative estimate of drug-likeness (QED) is 0.475. The molecule has 90 valence electrons. The third-order valence-electron chi connectivity index (χ3n) is 2.06. The van der Waals surface area contributed by atoms with Crippen molar-refractivity contribution in [1.29, 1.82) is 5.41 Å². The fourth-order valence-corrected chi connectivity index (χ4v) is 2.87. The van der Waals surface area contributed by atoms with Crippen LogP contribution in [0.15, 0.2) is 0 Å². The van der Waals surface area contributed by atoms with Gasteiger partial charge in [-0.1, -0.05) is 20.8 Å². The van der Waals surface area contributed by atoms with Crippen LogP contribution in [0.2, 0.25) is 0 Å². The molecule has 6 nitrogen and oxygen atoms in total. The summed E-state index contributed by atoms with van der Waals surface area (Å²) in [6.45, 7) is 6.41. The average Bonchev–Trinajstić information content (AvgIpc) is 2.15. The largest absolute Gasteiger partial charge is 0.387 e. The van der Waals surface area contributed by atoms with E-state index in [1.165, 1.54) is 8.61 Å². The number of nitrogens with zero attached hydrogens (tertiary/aromatic N) is 2. The summed E-state index contributed by atoms with van der Waals surface area (Å²) in [7, 11) is -3.46. The Bertz CT molecular complexity index is 298. The Morgan fingerprint density at radius 1 is 1.13 bits per heavy atom. The Balaban J connectivity index is 4.87. The van der Waals surface area contributed by atoms with E-state index in [0.717, 1.165) is 0 Å². The van der Waals surface area contributed by atoms with Crippen LogP contribution in [0.4, 0.5) is 0 Å². The lowest BCUT2D eigenvalue weighted by molar-refractivity contribution is 0.375. The lowest BCUT2D eigenvalue weighted by Crippen LogP contribution is -2.46. The molecule has 0 spiro atoms. The summed E-state index contributed by atoms with van der Waals surface area (Å²) < 4.78 is 26.5. The van der Waals surface area contributed by atoms with Gasteiger partial charge >= 0.3 is 0 Å². The molecule has 0 aromatic heterocycles. The van der Waals surface area contributed by atoms with Crippen LogP contribution in [0.25, 0.3) is 0 Å². The molecule has 0 amide bonds. The molecule has 15 heavy (non-hydrogen) atoms. The first-order valence-corrected chi connectivity index (χ1v) is 6.37. The van der Waals surface area contributed by atoms with Crippen molar-refractivity contribution in [1.82, 2.24) is 8.61 Å². The topological polar surface area (TPSA) is 90.5 Å². The molecule has 0 aliphatic heterocycles. The van der Waals surface area contributed by atoms with Gasteiger partial charge < -0.3 is 5.73 Å². The summed E-state index contributed by atoms with van der Waals surface area (Å²) in [5.74, 6) is -0.146. The van der Waals surface area contributed by atoms with Gasteiger partial charge in [0.05, 0.1) is 6.54 Å². The van der Waals surface area contributed by atoms with Crippen LogP contribution in [-0.2, 0) is 10.2 Å². The van der Waals surface area contributed by atoms with Crippen molar-refractivity contribution < 1.29 is 8.42 Å². The highest BCUT2D eigenvalue weighted by Crippen LogP contribution is 2.07. The van der Waals surface area contributed by atoms with Crippen molar-refractivity contribution in [2.75, 3.05) is 26.2 Å². The fraction of sp³-hybridized carbons (Fsp3) is 0.875. The van der Waals surface area contributed by atoms with Crippen LogP contribution in [-0.4, -0.2) is 49.0 Å². The minimum Gasteiger partial charge on any atom is -0.387 e. The van der Waals surface area contributed by atoms with Crippen molar-refractivity contribution in [3.8, 4) is 0 Å². The molecule has 3 N–H and O–H groups in total. The van der Waals surface area contributed by atoms with E-state index in [4.69, 9.17) is 11.1 Å². The molecule has 0 fully saturated rings. The third-order valence-corrected chi connectivity index (χ3v) is 4.27. The van der Waals surface area contributed by atoms with Gasteiger partial charge in [-0.15, -0.1) is 0 Å². The molecular formula is C8H20N4O2S. The Labute approximate surface area is 91.7 Å². The number of nitrogens with one attached hydrogen (secondary N) is 1. The van der Waals surface area contributed by atoms with Gasteiger partial charge in [0.15, 0.2) is 0 Å². The van der Waals surface area contributed by atoms with E-state index in [-0.39, 0.29) is 12.4 Å². The number of rotatable bonds is 7. The summed E-state index contributed by atoms with van der Waals surface area (Å²) in [5.41, 5.74) is 5.21. The molecule has 0 aromatic carbocycles. The van der Waals surface area contributed by atoms with Gasteiger partial charge in [0.25, 0.3) is 10.2 Å². The van der Waals surface area contributed by atoms with E-state index < -0.39 is 10.2 Å². The van der Waals surface area contributed by atoms with Crippen molar-refractivity contribution in [2.45, 2.75) is 20.8 Å². The Morgan fingerprint density at radius 3 is 1.80 bits per heavy atom. The Kier molecular flexibility index (Phi) is 5.77. The van der Waals surface area contributed by atoms with Crippen LogP contribution in [0.1, 0.15) is 20.8 Å². The molecule has 0 saturated heterocycles. The van der Waals surface area contributed by atoms with Gasteiger partial charge in [-0.25, -0.2) is 0 Å². The van der Waals surface area contributed by atoms with Crippen LogP contribution < -0.4 is 5.73 Å². The van der Waals surface area contributed by atoms with Crippen molar-refractivity contribution in [2.24, 2.45) is 5.73 Å². The summed E-state index contributed by atoms with van der Waals surface area (Å²) >= 11 is 0. The molecule has 0 bridgehead atoms. The van der Waals surface area contributed by atoms with E-state index >= 15 is 0 Å². The van der Waals surface area contributed by atoms with E-state index in [1.54, 1.807) is 20.8 Å². The van der Waals surface area contributed by atoms with Gasteiger partial charge in [0, 0.05) is 19.6 Å². The molecule has 0 saturated carbocycles. The number of amidine groups is 1. The van der Waals surface area contributed by atoms with Gasteiger partial charge in [-0.2, -0.15) is 17.0 Å². The lowest BCUT2D eigenvalue weighted by Gasteiger charge is -2.27. The summed E-state index contributed by atoms with van der Waals surface area (Å²) in [4.78, 5) is 0. The number of nitrogens with two attached hydrogens (primary N) is 1. The van der Waals surface area contributed by atoms with E-state index in [1.807, 2.05) is 0 Å². The lowest BCUT2D eigenvalue weighted by atomic mass is 10.6. The van der Waals surface area contributed by atoms with Crippen LogP contribution in [0.5, 0.6) is 0 Å². The molecule has 0 aromatic rings. The number of hydrogen-bond acceptors (Lipinski definition) is 3. The molecule has 7 heteroatoms. The molecule has 0 heterocycles. The predicted octanol–water partition coefficient (Wildman–Crippen LogP) is -0.169. The predicted molar refractivity (Wildman–Crippen MR) is 61.0 cm³/mol. The molecule has 0 aliphatic rings. The SMILES string of the molecule is CCN(CC)S(=O)(=O)N(CC)CC(=N)N. The highest BCUT2D eigenvalue weighted by atomic mass is 32.2. The molecule has 0 atom stereocenters. The zero-order valence-corrected chi connectivity index (χ0v) is 10.3. The second kappa shape index (κ2) is 6.04. The van der Waals surface area contributed by atoms with Crippen molar-refractivity contribution >= 4 is 16.0 Å². The van der Waals surface area contributed by atoms with Gasteiger partial charge in [-0.3, -0.25) is 5.41 Å². The standard InChI is InChI=1S/C8H20N4O2S/c1-4-11(5-2)15(13,14)12(6-3)7-8(9)10/h4-7H2,1-3H3,(H3,9,10). The van der Waals surface area contributed by atoms with Crippen LogP contribution in [0, 0.1) is 5.41 Å².